The third-order valence-corrected chi connectivity index (χ3v) is 4.18. The summed E-state index contributed by atoms with van der Waals surface area (Å²) in [5, 5.41) is 2.83. The predicted octanol–water partition coefficient (Wildman–Crippen LogP) is 3.58. The van der Waals surface area contributed by atoms with Crippen molar-refractivity contribution in [2.24, 2.45) is 5.73 Å². The normalized spacial score (nSPS) is 12.9. The number of rotatable bonds is 4. The average Bonchev–Trinajstić information content (AvgIpc) is 2.37. The first-order valence-corrected chi connectivity index (χ1v) is 6.88. The fourth-order valence-electron chi connectivity index (χ4n) is 1.66. The van der Waals surface area contributed by atoms with Gasteiger partial charge < -0.3 is 5.73 Å². The van der Waals surface area contributed by atoms with E-state index in [9.17, 15) is 0 Å². The standard InChI is InChI=1S/C14H18N2S/c1-3-10(2)17-14-12(9-15)8-11-6-4-5-7-13(11)16-14/h4-8,10H,3,9,15H2,1-2H3. The van der Waals surface area contributed by atoms with Gasteiger partial charge in [0.15, 0.2) is 0 Å². The topological polar surface area (TPSA) is 38.9 Å². The fourth-order valence-corrected chi connectivity index (χ4v) is 2.66. The van der Waals surface area contributed by atoms with Gasteiger partial charge in [-0.2, -0.15) is 0 Å². The zero-order valence-corrected chi connectivity index (χ0v) is 11.1. The van der Waals surface area contributed by atoms with Crippen LogP contribution >= 0.6 is 11.8 Å². The van der Waals surface area contributed by atoms with E-state index in [1.54, 1.807) is 0 Å². The highest BCUT2D eigenvalue weighted by molar-refractivity contribution is 7.99. The molecule has 0 fully saturated rings. The maximum Gasteiger partial charge on any atom is 0.101 e. The van der Waals surface area contributed by atoms with Crippen LogP contribution in [0.5, 0.6) is 0 Å². The number of hydrogen-bond acceptors (Lipinski definition) is 3. The van der Waals surface area contributed by atoms with Gasteiger partial charge in [0.2, 0.25) is 0 Å². The average molecular weight is 246 g/mol. The summed E-state index contributed by atoms with van der Waals surface area (Å²) in [6.45, 7) is 4.97. The van der Waals surface area contributed by atoms with Crippen LogP contribution in [-0.2, 0) is 6.54 Å². The van der Waals surface area contributed by atoms with E-state index >= 15 is 0 Å². The van der Waals surface area contributed by atoms with Crippen molar-refractivity contribution in [2.75, 3.05) is 0 Å². The second kappa shape index (κ2) is 5.52. The van der Waals surface area contributed by atoms with Gasteiger partial charge in [-0.25, -0.2) is 4.98 Å². The molecule has 0 spiro atoms. The van der Waals surface area contributed by atoms with Crippen molar-refractivity contribution in [1.82, 2.24) is 4.98 Å². The number of pyridine rings is 1. The first kappa shape index (κ1) is 12.4. The minimum absolute atomic E-state index is 0.552. The van der Waals surface area contributed by atoms with Crippen molar-refractivity contribution in [3.8, 4) is 0 Å². The molecule has 1 aromatic heterocycles. The lowest BCUT2D eigenvalue weighted by molar-refractivity contribution is 0.895. The summed E-state index contributed by atoms with van der Waals surface area (Å²) in [4.78, 5) is 4.72. The zero-order chi connectivity index (χ0) is 12.3. The van der Waals surface area contributed by atoms with Crippen molar-refractivity contribution in [3.05, 3.63) is 35.9 Å². The Bertz CT molecular complexity index is 511. The molecule has 1 atom stereocenters. The van der Waals surface area contributed by atoms with E-state index in [0.717, 1.165) is 22.5 Å². The number of hydrogen-bond donors (Lipinski definition) is 1. The Morgan fingerprint density at radius 1 is 1.35 bits per heavy atom. The van der Waals surface area contributed by atoms with Gasteiger partial charge in [0, 0.05) is 17.2 Å². The molecular formula is C14H18N2S. The summed E-state index contributed by atoms with van der Waals surface area (Å²) in [5.41, 5.74) is 8.00. The van der Waals surface area contributed by atoms with Crippen LogP contribution < -0.4 is 5.73 Å². The Labute approximate surface area is 107 Å². The van der Waals surface area contributed by atoms with Crippen molar-refractivity contribution in [2.45, 2.75) is 37.1 Å². The number of benzene rings is 1. The molecule has 2 N–H and O–H groups in total. The van der Waals surface area contributed by atoms with Crippen molar-refractivity contribution >= 4 is 22.7 Å². The third kappa shape index (κ3) is 2.79. The number of aromatic nitrogens is 1. The van der Waals surface area contributed by atoms with Crippen molar-refractivity contribution in [3.63, 3.8) is 0 Å². The minimum atomic E-state index is 0.552. The van der Waals surface area contributed by atoms with Gasteiger partial charge >= 0.3 is 0 Å². The first-order chi connectivity index (χ1) is 8.24. The Morgan fingerprint density at radius 2 is 2.12 bits per heavy atom. The number of thioether (sulfide) groups is 1. The summed E-state index contributed by atoms with van der Waals surface area (Å²) >= 11 is 1.82. The summed E-state index contributed by atoms with van der Waals surface area (Å²) < 4.78 is 0. The molecule has 0 amide bonds. The molecule has 0 aliphatic heterocycles. The van der Waals surface area contributed by atoms with E-state index in [1.165, 1.54) is 5.39 Å². The minimum Gasteiger partial charge on any atom is -0.326 e. The molecule has 90 valence electrons. The van der Waals surface area contributed by atoms with E-state index < -0.39 is 0 Å². The molecule has 17 heavy (non-hydrogen) atoms. The maximum atomic E-state index is 5.81. The first-order valence-electron chi connectivity index (χ1n) is 6.00. The number of nitrogens with zero attached hydrogens (tertiary/aromatic N) is 1. The largest absolute Gasteiger partial charge is 0.326 e. The molecule has 1 aromatic carbocycles. The molecular weight excluding hydrogens is 228 g/mol. The maximum absolute atomic E-state index is 5.81. The lowest BCUT2D eigenvalue weighted by Crippen LogP contribution is -2.03. The van der Waals surface area contributed by atoms with Crippen LogP contribution in [0.2, 0.25) is 0 Å². The van der Waals surface area contributed by atoms with Gasteiger partial charge in [0.05, 0.1) is 5.52 Å². The van der Waals surface area contributed by atoms with Crippen LogP contribution in [0.15, 0.2) is 35.4 Å². The smallest absolute Gasteiger partial charge is 0.101 e. The third-order valence-electron chi connectivity index (χ3n) is 2.87. The number of para-hydroxylation sites is 1. The van der Waals surface area contributed by atoms with E-state index in [1.807, 2.05) is 23.9 Å². The molecule has 0 aliphatic rings. The van der Waals surface area contributed by atoms with Crippen LogP contribution in [0, 0.1) is 0 Å². The monoisotopic (exact) mass is 246 g/mol. The van der Waals surface area contributed by atoms with Crippen LogP contribution in [-0.4, -0.2) is 10.2 Å². The second-order valence-electron chi connectivity index (χ2n) is 4.19. The van der Waals surface area contributed by atoms with E-state index in [-0.39, 0.29) is 0 Å². The molecule has 0 saturated heterocycles. The van der Waals surface area contributed by atoms with Crippen molar-refractivity contribution in [1.29, 1.82) is 0 Å². The van der Waals surface area contributed by atoms with Gasteiger partial charge in [0.1, 0.15) is 5.03 Å². The molecule has 0 saturated carbocycles. The highest BCUT2D eigenvalue weighted by Gasteiger charge is 2.09. The van der Waals surface area contributed by atoms with Gasteiger partial charge in [0.25, 0.3) is 0 Å². The molecule has 1 unspecified atom stereocenters. The molecule has 0 bridgehead atoms. The summed E-state index contributed by atoms with van der Waals surface area (Å²) in [6.07, 6.45) is 1.14. The molecule has 2 aromatic rings. The van der Waals surface area contributed by atoms with Crippen LogP contribution in [0.25, 0.3) is 10.9 Å². The molecule has 2 nitrogen and oxygen atoms in total. The van der Waals surface area contributed by atoms with E-state index in [0.29, 0.717) is 11.8 Å². The highest BCUT2D eigenvalue weighted by Crippen LogP contribution is 2.28. The van der Waals surface area contributed by atoms with E-state index in [2.05, 4.69) is 32.0 Å². The highest BCUT2D eigenvalue weighted by atomic mass is 32.2. The summed E-state index contributed by atoms with van der Waals surface area (Å²) in [5.74, 6) is 0. The molecule has 1 heterocycles. The quantitative estimate of drug-likeness (QED) is 0.838. The molecule has 0 radical (unpaired) electrons. The van der Waals surface area contributed by atoms with E-state index in [4.69, 9.17) is 10.7 Å². The Hall–Kier alpha value is -1.06. The fraction of sp³-hybridized carbons (Fsp3) is 0.357. The Balaban J connectivity index is 2.45. The van der Waals surface area contributed by atoms with Gasteiger partial charge in [-0.05, 0) is 24.1 Å². The molecule has 2 rings (SSSR count). The zero-order valence-electron chi connectivity index (χ0n) is 10.3. The Kier molecular flexibility index (Phi) is 4.02. The SMILES string of the molecule is CCC(C)Sc1nc2ccccc2cc1CN. The molecule has 0 aliphatic carbocycles. The van der Waals surface area contributed by atoms with Crippen LogP contribution in [0.3, 0.4) is 0 Å². The summed E-state index contributed by atoms with van der Waals surface area (Å²) in [7, 11) is 0. The van der Waals surface area contributed by atoms with Gasteiger partial charge in [-0.15, -0.1) is 11.8 Å². The van der Waals surface area contributed by atoms with Crippen LogP contribution in [0.4, 0.5) is 0 Å². The molecule has 3 heteroatoms. The lowest BCUT2D eigenvalue weighted by Gasteiger charge is -2.12. The van der Waals surface area contributed by atoms with Crippen molar-refractivity contribution < 1.29 is 0 Å². The van der Waals surface area contributed by atoms with Crippen LogP contribution in [0.1, 0.15) is 25.8 Å². The second-order valence-corrected chi connectivity index (χ2v) is 5.61. The van der Waals surface area contributed by atoms with Gasteiger partial charge in [-0.3, -0.25) is 0 Å². The number of nitrogens with two attached hydrogens (primary N) is 1. The predicted molar refractivity (Wildman–Crippen MR) is 75.2 cm³/mol. The number of fused-ring (bicyclic) bond motifs is 1. The summed E-state index contributed by atoms with van der Waals surface area (Å²) in [6, 6.07) is 10.4. The Morgan fingerprint density at radius 3 is 2.82 bits per heavy atom. The lowest BCUT2D eigenvalue weighted by atomic mass is 10.1. The van der Waals surface area contributed by atoms with Gasteiger partial charge in [-0.1, -0.05) is 32.0 Å².